The Balaban J connectivity index is 2.17. The normalized spacial score (nSPS) is 22.6. The van der Waals surface area contributed by atoms with Crippen LogP contribution in [-0.2, 0) is 6.42 Å². The van der Waals surface area contributed by atoms with Gasteiger partial charge in [0.1, 0.15) is 11.5 Å². The second kappa shape index (κ2) is 3.95. The summed E-state index contributed by atoms with van der Waals surface area (Å²) in [5.74, 6) is 0.663. The summed E-state index contributed by atoms with van der Waals surface area (Å²) in [5.41, 5.74) is 3.13. The van der Waals surface area contributed by atoms with E-state index >= 15 is 0 Å². The van der Waals surface area contributed by atoms with Crippen molar-refractivity contribution in [2.75, 3.05) is 0 Å². The van der Waals surface area contributed by atoms with Crippen LogP contribution < -0.4 is 0 Å². The summed E-state index contributed by atoms with van der Waals surface area (Å²) in [5, 5.41) is 20.3. The number of fused-ring (bicyclic) bond motifs is 3. The first-order valence-electron chi connectivity index (χ1n) is 6.10. The topological polar surface area (TPSA) is 40.5 Å². The minimum Gasteiger partial charge on any atom is -0.508 e. The molecule has 2 N–H and O–H groups in total. The van der Waals surface area contributed by atoms with E-state index in [1.54, 1.807) is 0 Å². The second-order valence-electron chi connectivity index (χ2n) is 4.90. The van der Waals surface area contributed by atoms with Crippen LogP contribution in [-0.4, -0.2) is 10.2 Å². The van der Waals surface area contributed by atoms with Crippen molar-refractivity contribution >= 4 is 11.6 Å². The molecule has 0 saturated heterocycles. The molecule has 0 spiro atoms. The van der Waals surface area contributed by atoms with Crippen LogP contribution in [0.3, 0.4) is 0 Å². The van der Waals surface area contributed by atoms with Crippen molar-refractivity contribution in [1.82, 2.24) is 0 Å². The molecule has 1 atom stereocenters. The third-order valence-corrected chi connectivity index (χ3v) is 4.24. The van der Waals surface area contributed by atoms with Gasteiger partial charge >= 0.3 is 0 Å². The molecule has 17 heavy (non-hydrogen) atoms. The zero-order valence-electron chi connectivity index (χ0n) is 9.54. The second-order valence-corrected chi connectivity index (χ2v) is 5.31. The van der Waals surface area contributed by atoms with E-state index in [4.69, 9.17) is 11.6 Å². The van der Waals surface area contributed by atoms with Crippen molar-refractivity contribution in [3.8, 4) is 11.5 Å². The number of halogens is 1. The fraction of sp³-hybridized carbons (Fsp3) is 0.429. The third kappa shape index (κ3) is 1.62. The Bertz CT molecular complexity index is 505. The van der Waals surface area contributed by atoms with Gasteiger partial charge in [-0.05, 0) is 25.7 Å². The van der Waals surface area contributed by atoms with Gasteiger partial charge < -0.3 is 10.2 Å². The first-order valence-corrected chi connectivity index (χ1v) is 6.48. The van der Waals surface area contributed by atoms with Gasteiger partial charge in [0.25, 0.3) is 0 Å². The van der Waals surface area contributed by atoms with Crippen LogP contribution in [0.4, 0.5) is 0 Å². The number of hydrogen-bond donors (Lipinski definition) is 2. The molecule has 0 radical (unpaired) electrons. The van der Waals surface area contributed by atoms with Gasteiger partial charge in [0, 0.05) is 23.1 Å². The number of benzene rings is 1. The molecule has 1 saturated carbocycles. The highest BCUT2D eigenvalue weighted by Gasteiger charge is 2.30. The van der Waals surface area contributed by atoms with Gasteiger partial charge in [0.2, 0.25) is 0 Å². The molecule has 0 amide bonds. The molecule has 1 aromatic carbocycles. The Labute approximate surface area is 106 Å². The van der Waals surface area contributed by atoms with Crippen molar-refractivity contribution in [3.63, 3.8) is 0 Å². The molecule has 3 rings (SSSR count). The number of aromatic hydroxyl groups is 2. The Kier molecular flexibility index (Phi) is 2.55. The van der Waals surface area contributed by atoms with Crippen LogP contribution in [0.25, 0.3) is 0 Å². The van der Waals surface area contributed by atoms with Gasteiger partial charge in [-0.1, -0.05) is 29.7 Å². The Morgan fingerprint density at radius 2 is 2.06 bits per heavy atom. The largest absolute Gasteiger partial charge is 0.508 e. The lowest BCUT2D eigenvalue weighted by molar-refractivity contribution is 0.432. The number of allylic oxidation sites excluding steroid dienone is 2. The fourth-order valence-electron chi connectivity index (χ4n) is 3.13. The highest BCUT2D eigenvalue weighted by molar-refractivity contribution is 6.32. The summed E-state index contributed by atoms with van der Waals surface area (Å²) in [6.45, 7) is 0. The lowest BCUT2D eigenvalue weighted by Crippen LogP contribution is -2.15. The van der Waals surface area contributed by atoms with E-state index in [1.807, 2.05) is 0 Å². The number of phenols is 2. The van der Waals surface area contributed by atoms with Crippen LogP contribution in [0.2, 0.25) is 5.02 Å². The van der Waals surface area contributed by atoms with Crippen LogP contribution in [0.1, 0.15) is 42.7 Å². The van der Waals surface area contributed by atoms with Crippen molar-refractivity contribution in [1.29, 1.82) is 0 Å². The van der Waals surface area contributed by atoms with Gasteiger partial charge in [0.05, 0.1) is 5.02 Å². The van der Waals surface area contributed by atoms with E-state index in [9.17, 15) is 10.2 Å². The molecule has 0 aliphatic heterocycles. The molecule has 3 heteroatoms. The van der Waals surface area contributed by atoms with Gasteiger partial charge in [-0.3, -0.25) is 0 Å². The molecule has 1 unspecified atom stereocenters. The quantitative estimate of drug-likeness (QED) is 0.542. The SMILES string of the molecule is Oc1cc(Cl)c(O)c2c1C1CCCCC1=CC2. The van der Waals surface area contributed by atoms with Gasteiger partial charge in [-0.2, -0.15) is 0 Å². The summed E-state index contributed by atoms with van der Waals surface area (Å²) in [4.78, 5) is 0. The van der Waals surface area contributed by atoms with E-state index < -0.39 is 0 Å². The maximum atomic E-state index is 10.1. The average molecular weight is 251 g/mol. The maximum absolute atomic E-state index is 10.1. The van der Waals surface area contributed by atoms with E-state index in [2.05, 4.69) is 6.08 Å². The van der Waals surface area contributed by atoms with Gasteiger partial charge in [-0.15, -0.1) is 0 Å². The average Bonchev–Trinajstić information content (AvgIpc) is 2.35. The Hall–Kier alpha value is -1.15. The maximum Gasteiger partial charge on any atom is 0.138 e. The smallest absolute Gasteiger partial charge is 0.138 e. The highest BCUT2D eigenvalue weighted by Crippen LogP contribution is 2.49. The van der Waals surface area contributed by atoms with Crippen LogP contribution in [0.15, 0.2) is 17.7 Å². The molecule has 2 aliphatic rings. The third-order valence-electron chi connectivity index (χ3n) is 3.95. The summed E-state index contributed by atoms with van der Waals surface area (Å²) >= 11 is 5.90. The van der Waals surface area contributed by atoms with Gasteiger partial charge in [-0.25, -0.2) is 0 Å². The lowest BCUT2D eigenvalue weighted by atomic mass is 9.73. The summed E-state index contributed by atoms with van der Waals surface area (Å²) in [6.07, 6.45) is 7.48. The van der Waals surface area contributed by atoms with Gasteiger partial charge in [0.15, 0.2) is 0 Å². The summed E-state index contributed by atoms with van der Waals surface area (Å²) < 4.78 is 0. The summed E-state index contributed by atoms with van der Waals surface area (Å²) in [7, 11) is 0. The number of rotatable bonds is 0. The lowest BCUT2D eigenvalue weighted by Gasteiger charge is -2.32. The molecular weight excluding hydrogens is 236 g/mol. The van der Waals surface area contributed by atoms with E-state index in [1.165, 1.54) is 24.5 Å². The van der Waals surface area contributed by atoms with Crippen molar-refractivity contribution in [2.45, 2.75) is 38.0 Å². The monoisotopic (exact) mass is 250 g/mol. The number of phenolic OH excluding ortho intramolecular Hbond substituents is 2. The highest BCUT2D eigenvalue weighted by atomic mass is 35.5. The molecule has 0 aromatic heterocycles. The molecular formula is C14H15ClO2. The van der Waals surface area contributed by atoms with Crippen LogP contribution >= 0.6 is 11.6 Å². The zero-order valence-corrected chi connectivity index (χ0v) is 10.3. The molecule has 0 heterocycles. The molecule has 1 fully saturated rings. The van der Waals surface area contributed by atoms with Crippen LogP contribution in [0, 0.1) is 0 Å². The molecule has 2 nitrogen and oxygen atoms in total. The fourth-order valence-corrected chi connectivity index (χ4v) is 3.35. The molecule has 1 aromatic rings. The van der Waals surface area contributed by atoms with E-state index in [-0.39, 0.29) is 22.4 Å². The Morgan fingerprint density at radius 3 is 2.88 bits per heavy atom. The van der Waals surface area contributed by atoms with E-state index in [0.717, 1.165) is 24.0 Å². The molecule has 0 bridgehead atoms. The van der Waals surface area contributed by atoms with Crippen LogP contribution in [0.5, 0.6) is 11.5 Å². The Morgan fingerprint density at radius 1 is 1.24 bits per heavy atom. The predicted octanol–water partition coefficient (Wildman–Crippen LogP) is 3.89. The first-order chi connectivity index (χ1) is 8.18. The molecule has 90 valence electrons. The van der Waals surface area contributed by atoms with Crippen molar-refractivity contribution < 1.29 is 10.2 Å². The van der Waals surface area contributed by atoms with Crippen molar-refractivity contribution in [3.05, 3.63) is 33.9 Å². The number of hydrogen-bond acceptors (Lipinski definition) is 2. The van der Waals surface area contributed by atoms with E-state index in [0.29, 0.717) is 6.42 Å². The van der Waals surface area contributed by atoms with Crippen molar-refractivity contribution in [2.24, 2.45) is 0 Å². The first kappa shape index (κ1) is 11.0. The predicted molar refractivity (Wildman–Crippen MR) is 67.8 cm³/mol. The molecule has 2 aliphatic carbocycles. The minimum atomic E-state index is 0.139. The standard InChI is InChI=1S/C14H15ClO2/c15-11-7-12(16)13-9-4-2-1-3-8(9)5-6-10(13)14(11)17/h5,7,9,16-17H,1-4,6H2. The summed E-state index contributed by atoms with van der Waals surface area (Å²) in [6, 6.07) is 1.47. The zero-order chi connectivity index (χ0) is 12.0. The minimum absolute atomic E-state index is 0.139.